The molecular formula is C21H25N3O4. The number of pyridine rings is 2. The van der Waals surface area contributed by atoms with Gasteiger partial charge in [-0.25, -0.2) is 0 Å². The fourth-order valence-electron chi connectivity index (χ4n) is 3.07. The van der Waals surface area contributed by atoms with Crippen molar-refractivity contribution in [1.82, 2.24) is 14.0 Å². The first-order chi connectivity index (χ1) is 13.2. The lowest BCUT2D eigenvalue weighted by molar-refractivity contribution is -0.139. The van der Waals surface area contributed by atoms with Gasteiger partial charge in [0, 0.05) is 35.8 Å². The van der Waals surface area contributed by atoms with Crippen LogP contribution in [0.4, 0.5) is 0 Å². The number of amides is 1. The largest absolute Gasteiger partial charge is 0.315 e. The van der Waals surface area contributed by atoms with Gasteiger partial charge in [-0.1, -0.05) is 18.7 Å². The van der Waals surface area contributed by atoms with Gasteiger partial charge in [-0.3, -0.25) is 23.7 Å². The summed E-state index contributed by atoms with van der Waals surface area (Å²) in [4.78, 5) is 52.5. The molecule has 0 saturated carbocycles. The minimum atomic E-state index is -1.38. The molecule has 1 atom stereocenters. The Balaban J connectivity index is 2.58. The van der Waals surface area contributed by atoms with E-state index in [1.54, 1.807) is 52.0 Å². The second-order valence-corrected chi connectivity index (χ2v) is 6.68. The maximum Gasteiger partial charge on any atom is 0.257 e. The fraction of sp³-hybridized carbons (Fsp3) is 0.333. The van der Waals surface area contributed by atoms with E-state index in [0.29, 0.717) is 23.5 Å². The Morgan fingerprint density at radius 1 is 1.14 bits per heavy atom. The van der Waals surface area contributed by atoms with Gasteiger partial charge in [-0.05, 0) is 39.8 Å². The van der Waals surface area contributed by atoms with Gasteiger partial charge in [0.1, 0.15) is 0 Å². The number of carbonyl (C=O) groups excluding carboxylic acids is 2. The fourth-order valence-corrected chi connectivity index (χ4v) is 3.07. The lowest BCUT2D eigenvalue weighted by Crippen LogP contribution is -2.44. The summed E-state index contributed by atoms with van der Waals surface area (Å²) in [7, 11) is 0. The summed E-state index contributed by atoms with van der Waals surface area (Å²) in [6.45, 7) is 10.5. The number of allylic oxidation sites excluding steroid dienone is 1. The Morgan fingerprint density at radius 3 is 2.39 bits per heavy atom. The zero-order valence-electron chi connectivity index (χ0n) is 16.6. The molecule has 148 valence electrons. The summed E-state index contributed by atoms with van der Waals surface area (Å²) < 4.78 is 2.43. The number of nitrogens with zero attached hydrogens (tertiary/aromatic N) is 3. The molecule has 7 nitrogen and oxygen atoms in total. The minimum Gasteiger partial charge on any atom is -0.315 e. The highest BCUT2D eigenvalue weighted by atomic mass is 16.2. The van der Waals surface area contributed by atoms with Crippen LogP contribution in [0.25, 0.3) is 0 Å². The highest BCUT2D eigenvalue weighted by molar-refractivity contribution is 6.03. The molecule has 0 fully saturated rings. The van der Waals surface area contributed by atoms with Crippen molar-refractivity contribution < 1.29 is 9.59 Å². The summed E-state index contributed by atoms with van der Waals surface area (Å²) in [6, 6.07) is 6.51. The summed E-state index contributed by atoms with van der Waals surface area (Å²) in [5.74, 6) is -1.09. The van der Waals surface area contributed by atoms with Crippen molar-refractivity contribution in [2.45, 2.75) is 40.3 Å². The highest BCUT2D eigenvalue weighted by Crippen LogP contribution is 2.15. The van der Waals surface area contributed by atoms with Gasteiger partial charge in [-0.2, -0.15) is 0 Å². The summed E-state index contributed by atoms with van der Waals surface area (Å²) >= 11 is 0. The SMILES string of the molecule is C=C(C)N(CC)C(=O)C(C(=O)Cn1c(C)cccc1=O)n1cccc(C)c1=O. The van der Waals surface area contributed by atoms with E-state index in [2.05, 4.69) is 6.58 Å². The van der Waals surface area contributed by atoms with Crippen LogP contribution in [0.1, 0.15) is 31.1 Å². The predicted molar refractivity (Wildman–Crippen MR) is 107 cm³/mol. The second-order valence-electron chi connectivity index (χ2n) is 6.68. The summed E-state index contributed by atoms with van der Waals surface area (Å²) in [5.41, 5.74) is 0.710. The molecule has 2 heterocycles. The molecule has 0 aliphatic carbocycles. The second kappa shape index (κ2) is 8.65. The van der Waals surface area contributed by atoms with Crippen LogP contribution in [0.3, 0.4) is 0 Å². The highest BCUT2D eigenvalue weighted by Gasteiger charge is 2.33. The minimum absolute atomic E-state index is 0.308. The van der Waals surface area contributed by atoms with E-state index in [-0.39, 0.29) is 12.1 Å². The number of ketones is 1. The van der Waals surface area contributed by atoms with Crippen LogP contribution in [-0.4, -0.2) is 32.3 Å². The smallest absolute Gasteiger partial charge is 0.257 e. The third-order valence-electron chi connectivity index (χ3n) is 4.61. The van der Waals surface area contributed by atoms with Crippen molar-refractivity contribution in [2.75, 3.05) is 6.54 Å². The van der Waals surface area contributed by atoms with Crippen LogP contribution < -0.4 is 11.1 Å². The van der Waals surface area contributed by atoms with E-state index >= 15 is 0 Å². The number of aromatic nitrogens is 2. The molecular weight excluding hydrogens is 358 g/mol. The van der Waals surface area contributed by atoms with Crippen molar-refractivity contribution in [2.24, 2.45) is 0 Å². The molecule has 2 aromatic rings. The molecule has 0 spiro atoms. The molecule has 0 aromatic carbocycles. The number of hydrogen-bond acceptors (Lipinski definition) is 4. The zero-order chi connectivity index (χ0) is 21.0. The van der Waals surface area contributed by atoms with Crippen LogP contribution in [0.2, 0.25) is 0 Å². The first-order valence-corrected chi connectivity index (χ1v) is 9.02. The number of aryl methyl sites for hydroxylation is 2. The number of hydrogen-bond donors (Lipinski definition) is 0. The predicted octanol–water partition coefficient (Wildman–Crippen LogP) is 1.82. The van der Waals surface area contributed by atoms with E-state index in [0.717, 1.165) is 4.57 Å². The third kappa shape index (κ3) is 4.19. The molecule has 0 radical (unpaired) electrons. The molecule has 2 rings (SSSR count). The van der Waals surface area contributed by atoms with Crippen molar-refractivity contribution >= 4 is 11.7 Å². The van der Waals surface area contributed by atoms with Gasteiger partial charge in [0.2, 0.25) is 0 Å². The monoisotopic (exact) mass is 383 g/mol. The van der Waals surface area contributed by atoms with Crippen LogP contribution in [-0.2, 0) is 16.1 Å². The quantitative estimate of drug-likeness (QED) is 0.683. The third-order valence-corrected chi connectivity index (χ3v) is 4.61. The molecule has 0 aliphatic rings. The molecule has 28 heavy (non-hydrogen) atoms. The molecule has 1 amide bonds. The molecule has 0 saturated heterocycles. The first kappa shape index (κ1) is 21.1. The van der Waals surface area contributed by atoms with Gasteiger partial charge < -0.3 is 9.47 Å². The van der Waals surface area contributed by atoms with E-state index in [4.69, 9.17) is 0 Å². The van der Waals surface area contributed by atoms with E-state index < -0.39 is 23.3 Å². The molecule has 0 bridgehead atoms. The number of carbonyl (C=O) groups is 2. The Hall–Kier alpha value is -3.22. The van der Waals surface area contributed by atoms with E-state index in [9.17, 15) is 19.2 Å². The van der Waals surface area contributed by atoms with Crippen LogP contribution in [0.5, 0.6) is 0 Å². The van der Waals surface area contributed by atoms with Crippen LogP contribution in [0, 0.1) is 13.8 Å². The zero-order valence-corrected chi connectivity index (χ0v) is 16.6. The average Bonchev–Trinajstić information content (AvgIpc) is 2.62. The Kier molecular flexibility index (Phi) is 6.51. The van der Waals surface area contributed by atoms with Crippen LogP contribution >= 0.6 is 0 Å². The first-order valence-electron chi connectivity index (χ1n) is 9.02. The Morgan fingerprint density at radius 2 is 1.82 bits per heavy atom. The maximum absolute atomic E-state index is 13.2. The number of Topliss-reactive ketones (excluding diaryl/α,β-unsaturated/α-hetero) is 1. The average molecular weight is 383 g/mol. The van der Waals surface area contributed by atoms with Gasteiger partial charge >= 0.3 is 0 Å². The Labute approximate surface area is 163 Å². The van der Waals surface area contributed by atoms with Gasteiger partial charge in [0.15, 0.2) is 11.8 Å². The topological polar surface area (TPSA) is 81.4 Å². The maximum atomic E-state index is 13.2. The van der Waals surface area contributed by atoms with Gasteiger partial charge in [-0.15, -0.1) is 0 Å². The molecule has 7 heteroatoms. The molecule has 0 aliphatic heterocycles. The van der Waals surface area contributed by atoms with E-state index in [1.165, 1.54) is 21.7 Å². The number of likely N-dealkylation sites (N-methyl/N-ethyl adjacent to an activating group) is 1. The Bertz CT molecular complexity index is 1030. The molecule has 1 unspecified atom stereocenters. The van der Waals surface area contributed by atoms with E-state index in [1.807, 2.05) is 0 Å². The van der Waals surface area contributed by atoms with Crippen molar-refractivity contribution in [3.63, 3.8) is 0 Å². The van der Waals surface area contributed by atoms with Gasteiger partial charge in [0.05, 0.1) is 6.54 Å². The van der Waals surface area contributed by atoms with Crippen molar-refractivity contribution in [3.8, 4) is 0 Å². The van der Waals surface area contributed by atoms with Crippen LogP contribution in [0.15, 0.2) is 58.4 Å². The standard InChI is InChI=1S/C21H25N3O4/c1-6-22(14(2)3)21(28)19(23-12-8-9-15(4)20(23)27)17(25)13-24-16(5)10-7-11-18(24)26/h7-12,19H,2,6,13H2,1,3-5H3. The van der Waals surface area contributed by atoms with Crippen molar-refractivity contribution in [1.29, 1.82) is 0 Å². The number of rotatable bonds is 7. The van der Waals surface area contributed by atoms with Gasteiger partial charge in [0.25, 0.3) is 17.0 Å². The lowest BCUT2D eigenvalue weighted by atomic mass is 10.1. The normalized spacial score (nSPS) is 11.7. The van der Waals surface area contributed by atoms with Crippen molar-refractivity contribution in [3.05, 3.63) is 80.8 Å². The molecule has 2 aromatic heterocycles. The summed E-state index contributed by atoms with van der Waals surface area (Å²) in [5, 5.41) is 0. The molecule has 0 N–H and O–H groups in total. The lowest BCUT2D eigenvalue weighted by Gasteiger charge is -2.27. The summed E-state index contributed by atoms with van der Waals surface area (Å²) in [6.07, 6.45) is 1.42.